The number of hydrogen-bond acceptors (Lipinski definition) is 7. The second kappa shape index (κ2) is 8.22. The van der Waals surface area contributed by atoms with Crippen LogP contribution in [0.5, 0.6) is 0 Å². The van der Waals surface area contributed by atoms with E-state index < -0.39 is 0 Å². The number of benzene rings is 1. The summed E-state index contributed by atoms with van der Waals surface area (Å²) >= 11 is 7.52. The van der Waals surface area contributed by atoms with Gasteiger partial charge < -0.3 is 14.1 Å². The van der Waals surface area contributed by atoms with Gasteiger partial charge in [-0.15, -0.1) is 10.2 Å². The maximum absolute atomic E-state index is 11.3. The number of pyridine rings is 1. The summed E-state index contributed by atoms with van der Waals surface area (Å²) in [5, 5.41) is 13.9. The van der Waals surface area contributed by atoms with Crippen LogP contribution in [-0.2, 0) is 6.54 Å². The monoisotopic (exact) mass is 428 g/mol. The lowest BCUT2D eigenvalue weighted by molar-refractivity contribution is 0.423. The van der Waals surface area contributed by atoms with E-state index in [1.165, 1.54) is 17.8 Å². The van der Waals surface area contributed by atoms with Crippen molar-refractivity contribution < 1.29 is 4.52 Å². The van der Waals surface area contributed by atoms with Crippen molar-refractivity contribution in [3.05, 3.63) is 63.8 Å². The van der Waals surface area contributed by atoms with E-state index in [1.54, 1.807) is 24.4 Å². The van der Waals surface area contributed by atoms with Crippen LogP contribution in [0.2, 0.25) is 5.02 Å². The fourth-order valence-corrected chi connectivity index (χ4v) is 3.91. The number of rotatable bonds is 6. The molecule has 29 heavy (non-hydrogen) atoms. The molecule has 0 aliphatic heterocycles. The Hall–Kier alpha value is -2.91. The molecule has 0 aliphatic carbocycles. The Balaban J connectivity index is 1.57. The minimum atomic E-state index is -0.160. The molecule has 0 saturated heterocycles. The third-order valence-corrected chi connectivity index (χ3v) is 5.55. The average Bonchev–Trinajstić information content (AvgIpc) is 3.36. The standard InChI is InChI=1S/C19H17ClN6O2S/c1-3-26-17(13-7-8-15(27)21-10-13)23-24-19(26)29-11(2)16-22-18(28-25-16)12-5-4-6-14(20)9-12/h4-11H,3H2,1-2H3,(H,21,27). The molecule has 3 aromatic heterocycles. The Morgan fingerprint density at radius 2 is 2.10 bits per heavy atom. The Morgan fingerprint density at radius 1 is 1.24 bits per heavy atom. The molecular formula is C19H17ClN6O2S. The van der Waals surface area contributed by atoms with E-state index in [-0.39, 0.29) is 10.8 Å². The molecule has 1 atom stereocenters. The molecule has 1 N–H and O–H groups in total. The van der Waals surface area contributed by atoms with Gasteiger partial charge in [0.05, 0.1) is 5.25 Å². The van der Waals surface area contributed by atoms with Crippen molar-refractivity contribution in [2.75, 3.05) is 0 Å². The van der Waals surface area contributed by atoms with E-state index in [9.17, 15) is 4.79 Å². The van der Waals surface area contributed by atoms with Crippen molar-refractivity contribution in [2.24, 2.45) is 0 Å². The van der Waals surface area contributed by atoms with Crippen LogP contribution in [0.15, 0.2) is 57.1 Å². The van der Waals surface area contributed by atoms with Crippen molar-refractivity contribution in [3.8, 4) is 22.8 Å². The van der Waals surface area contributed by atoms with Gasteiger partial charge in [0.15, 0.2) is 16.8 Å². The van der Waals surface area contributed by atoms with E-state index in [4.69, 9.17) is 16.1 Å². The first kappa shape index (κ1) is 19.4. The van der Waals surface area contributed by atoms with Gasteiger partial charge in [0, 0.05) is 35.0 Å². The van der Waals surface area contributed by atoms with E-state index >= 15 is 0 Å². The smallest absolute Gasteiger partial charge is 0.258 e. The van der Waals surface area contributed by atoms with Crippen LogP contribution in [0.1, 0.15) is 24.9 Å². The molecule has 0 radical (unpaired) electrons. The second-order valence-electron chi connectivity index (χ2n) is 6.22. The molecular weight excluding hydrogens is 412 g/mol. The minimum Gasteiger partial charge on any atom is -0.334 e. The number of nitrogens with zero attached hydrogens (tertiary/aromatic N) is 5. The minimum absolute atomic E-state index is 0.107. The van der Waals surface area contributed by atoms with Gasteiger partial charge in [0.25, 0.3) is 5.89 Å². The normalized spacial score (nSPS) is 12.2. The predicted molar refractivity (Wildman–Crippen MR) is 111 cm³/mol. The van der Waals surface area contributed by atoms with Crippen LogP contribution in [0, 0.1) is 0 Å². The first-order valence-electron chi connectivity index (χ1n) is 8.93. The first-order chi connectivity index (χ1) is 14.0. The maximum atomic E-state index is 11.3. The predicted octanol–water partition coefficient (Wildman–Crippen LogP) is 4.21. The molecule has 0 bridgehead atoms. The SMILES string of the molecule is CCn1c(SC(C)c2noc(-c3cccc(Cl)c3)n2)nnc1-c1ccc(=O)[nH]c1. The highest BCUT2D eigenvalue weighted by molar-refractivity contribution is 7.99. The van der Waals surface area contributed by atoms with Crippen molar-refractivity contribution in [1.29, 1.82) is 0 Å². The maximum Gasteiger partial charge on any atom is 0.258 e. The fourth-order valence-electron chi connectivity index (χ4n) is 2.77. The summed E-state index contributed by atoms with van der Waals surface area (Å²) in [6.07, 6.45) is 1.63. The molecule has 0 saturated carbocycles. The first-order valence-corrected chi connectivity index (χ1v) is 10.2. The Labute approximate surface area is 175 Å². The molecule has 0 amide bonds. The fraction of sp³-hybridized carbons (Fsp3) is 0.211. The van der Waals surface area contributed by atoms with Crippen LogP contribution in [0.3, 0.4) is 0 Å². The zero-order chi connectivity index (χ0) is 20.4. The molecule has 8 nitrogen and oxygen atoms in total. The molecule has 1 unspecified atom stereocenters. The summed E-state index contributed by atoms with van der Waals surface area (Å²) in [6, 6.07) is 10.5. The Morgan fingerprint density at radius 3 is 2.83 bits per heavy atom. The molecule has 0 fully saturated rings. The van der Waals surface area contributed by atoms with E-state index in [0.29, 0.717) is 29.1 Å². The van der Waals surface area contributed by atoms with E-state index in [0.717, 1.165) is 16.3 Å². The van der Waals surface area contributed by atoms with Gasteiger partial charge in [-0.2, -0.15) is 4.98 Å². The van der Waals surface area contributed by atoms with Crippen molar-refractivity contribution in [3.63, 3.8) is 0 Å². The van der Waals surface area contributed by atoms with Crippen molar-refractivity contribution in [1.82, 2.24) is 29.9 Å². The van der Waals surface area contributed by atoms with Gasteiger partial charge in [-0.05, 0) is 38.1 Å². The van der Waals surface area contributed by atoms with Crippen LogP contribution in [-0.4, -0.2) is 29.9 Å². The van der Waals surface area contributed by atoms with Crippen LogP contribution < -0.4 is 5.56 Å². The lowest BCUT2D eigenvalue weighted by Crippen LogP contribution is -2.05. The Kier molecular flexibility index (Phi) is 5.50. The molecule has 4 aromatic rings. The van der Waals surface area contributed by atoms with Crippen LogP contribution in [0.25, 0.3) is 22.8 Å². The van der Waals surface area contributed by atoms with Gasteiger partial charge >= 0.3 is 0 Å². The largest absolute Gasteiger partial charge is 0.334 e. The highest BCUT2D eigenvalue weighted by atomic mass is 35.5. The number of thioether (sulfide) groups is 1. The molecule has 10 heteroatoms. The summed E-state index contributed by atoms with van der Waals surface area (Å²) in [5.41, 5.74) is 1.40. The molecule has 148 valence electrons. The van der Waals surface area contributed by atoms with Gasteiger partial charge in [0.1, 0.15) is 0 Å². The number of hydrogen-bond donors (Lipinski definition) is 1. The lowest BCUT2D eigenvalue weighted by atomic mass is 10.2. The number of nitrogens with one attached hydrogen (secondary N) is 1. The topological polar surface area (TPSA) is 102 Å². The molecule has 1 aromatic carbocycles. The highest BCUT2D eigenvalue weighted by Crippen LogP contribution is 2.35. The number of aromatic amines is 1. The number of halogens is 1. The van der Waals surface area contributed by atoms with Gasteiger partial charge in [-0.25, -0.2) is 0 Å². The second-order valence-corrected chi connectivity index (χ2v) is 7.96. The van der Waals surface area contributed by atoms with Gasteiger partial charge in [-0.3, -0.25) is 4.79 Å². The molecule has 0 spiro atoms. The molecule has 3 heterocycles. The summed E-state index contributed by atoms with van der Waals surface area (Å²) in [7, 11) is 0. The van der Waals surface area contributed by atoms with Crippen LogP contribution in [0.4, 0.5) is 0 Å². The highest BCUT2D eigenvalue weighted by Gasteiger charge is 2.21. The van der Waals surface area contributed by atoms with Crippen LogP contribution >= 0.6 is 23.4 Å². The molecule has 4 rings (SSSR count). The van der Waals surface area contributed by atoms with Gasteiger partial charge in [0.2, 0.25) is 5.56 Å². The Bertz CT molecular complexity index is 1180. The summed E-state index contributed by atoms with van der Waals surface area (Å²) in [6.45, 7) is 4.67. The lowest BCUT2D eigenvalue weighted by Gasteiger charge is -2.09. The molecule has 0 aliphatic rings. The third-order valence-electron chi connectivity index (χ3n) is 4.23. The zero-order valence-electron chi connectivity index (χ0n) is 15.7. The van der Waals surface area contributed by atoms with E-state index in [1.807, 2.05) is 30.5 Å². The van der Waals surface area contributed by atoms with Crippen molar-refractivity contribution in [2.45, 2.75) is 30.8 Å². The number of aromatic nitrogens is 6. The van der Waals surface area contributed by atoms with E-state index in [2.05, 4.69) is 25.3 Å². The quantitative estimate of drug-likeness (QED) is 0.459. The average molecular weight is 429 g/mol. The summed E-state index contributed by atoms with van der Waals surface area (Å²) < 4.78 is 7.38. The summed E-state index contributed by atoms with van der Waals surface area (Å²) in [4.78, 5) is 18.5. The summed E-state index contributed by atoms with van der Waals surface area (Å²) in [5.74, 6) is 1.66. The number of H-pyrrole nitrogens is 1. The third kappa shape index (κ3) is 4.10. The van der Waals surface area contributed by atoms with Gasteiger partial charge in [-0.1, -0.05) is 34.6 Å². The van der Waals surface area contributed by atoms with Crippen molar-refractivity contribution >= 4 is 23.4 Å². The zero-order valence-corrected chi connectivity index (χ0v) is 17.2.